The fraction of sp³-hybridized carbons (Fsp3) is 0.357. The molecule has 0 aliphatic heterocycles. The Kier molecular flexibility index (Phi) is 5.69. The van der Waals surface area contributed by atoms with Crippen LogP contribution in [0.1, 0.15) is 19.4 Å². The topological polar surface area (TPSA) is 99.2 Å². The Bertz CT molecular complexity index is 534. The van der Waals surface area contributed by atoms with Crippen molar-refractivity contribution >= 4 is 17.5 Å². The average molecular weight is 274 g/mol. The molecule has 0 spiro atoms. The Morgan fingerprint density at radius 2 is 2.10 bits per heavy atom. The summed E-state index contributed by atoms with van der Waals surface area (Å²) in [7, 11) is 0. The van der Waals surface area contributed by atoms with Crippen LogP contribution in [0, 0.1) is 11.3 Å². The molecule has 0 saturated heterocycles. The Labute approximate surface area is 118 Å². The highest BCUT2D eigenvalue weighted by Crippen LogP contribution is 2.10. The fourth-order valence-corrected chi connectivity index (χ4v) is 1.67. The molecule has 3 N–H and O–H groups in total. The van der Waals surface area contributed by atoms with Gasteiger partial charge < -0.3 is 11.1 Å². The third-order valence-corrected chi connectivity index (χ3v) is 2.71. The zero-order valence-corrected chi connectivity index (χ0v) is 11.6. The lowest BCUT2D eigenvalue weighted by molar-refractivity contribution is -0.121. The molecule has 1 rings (SSSR count). The zero-order valence-electron chi connectivity index (χ0n) is 11.6. The fourth-order valence-electron chi connectivity index (χ4n) is 1.67. The highest BCUT2D eigenvalue weighted by molar-refractivity contribution is 5.92. The lowest BCUT2D eigenvalue weighted by atomic mass is 10.2. The van der Waals surface area contributed by atoms with Gasteiger partial charge in [-0.1, -0.05) is 6.07 Å². The number of nitriles is 1. The Hall–Kier alpha value is -2.39. The maximum absolute atomic E-state index is 11.9. The minimum Gasteiger partial charge on any atom is -0.369 e. The van der Waals surface area contributed by atoms with Gasteiger partial charge in [0.05, 0.1) is 24.7 Å². The maximum atomic E-state index is 11.9. The van der Waals surface area contributed by atoms with Crippen LogP contribution in [-0.2, 0) is 9.59 Å². The van der Waals surface area contributed by atoms with Crippen LogP contribution in [0.5, 0.6) is 0 Å². The zero-order chi connectivity index (χ0) is 15.1. The maximum Gasteiger partial charge on any atom is 0.238 e. The van der Waals surface area contributed by atoms with Gasteiger partial charge in [0, 0.05) is 11.7 Å². The number of hydrogen-bond acceptors (Lipinski definition) is 4. The molecule has 6 nitrogen and oxygen atoms in total. The number of nitrogens with zero attached hydrogens (tertiary/aromatic N) is 2. The molecule has 0 atom stereocenters. The van der Waals surface area contributed by atoms with E-state index < -0.39 is 5.91 Å². The summed E-state index contributed by atoms with van der Waals surface area (Å²) in [5.41, 5.74) is 6.17. The predicted molar refractivity (Wildman–Crippen MR) is 75.7 cm³/mol. The summed E-state index contributed by atoms with van der Waals surface area (Å²) in [4.78, 5) is 24.5. The molecule has 0 aliphatic rings. The summed E-state index contributed by atoms with van der Waals surface area (Å²) in [5.74, 6) is -0.729. The summed E-state index contributed by atoms with van der Waals surface area (Å²) in [5, 5.41) is 11.5. The molecule has 106 valence electrons. The molecule has 0 bridgehead atoms. The van der Waals surface area contributed by atoms with Crippen molar-refractivity contribution in [2.45, 2.75) is 19.9 Å². The number of nitrogens with one attached hydrogen (secondary N) is 1. The minimum atomic E-state index is -0.474. The molecule has 1 aromatic carbocycles. The number of primary amides is 1. The molecular formula is C14H18N4O2. The van der Waals surface area contributed by atoms with Gasteiger partial charge in [-0.15, -0.1) is 0 Å². The molecule has 0 aromatic heterocycles. The predicted octanol–water partition coefficient (Wildman–Crippen LogP) is 0.692. The van der Waals surface area contributed by atoms with E-state index in [1.165, 1.54) is 0 Å². The highest BCUT2D eigenvalue weighted by atomic mass is 16.2. The molecule has 6 heteroatoms. The van der Waals surface area contributed by atoms with Gasteiger partial charge in [0.15, 0.2) is 0 Å². The smallest absolute Gasteiger partial charge is 0.238 e. The average Bonchev–Trinajstić information content (AvgIpc) is 2.37. The number of anilines is 1. The van der Waals surface area contributed by atoms with E-state index in [9.17, 15) is 9.59 Å². The third kappa shape index (κ3) is 5.08. The SMILES string of the molecule is CC(C)N(CC(N)=O)CC(=O)Nc1cccc(C#N)c1. The van der Waals surface area contributed by atoms with Gasteiger partial charge in [-0.25, -0.2) is 0 Å². The van der Waals surface area contributed by atoms with Gasteiger partial charge in [-0.3, -0.25) is 14.5 Å². The quantitative estimate of drug-likeness (QED) is 0.797. The third-order valence-electron chi connectivity index (χ3n) is 2.71. The van der Waals surface area contributed by atoms with Crippen LogP contribution in [0.15, 0.2) is 24.3 Å². The van der Waals surface area contributed by atoms with E-state index in [-0.39, 0.29) is 25.0 Å². The van der Waals surface area contributed by atoms with Crippen molar-refractivity contribution in [1.29, 1.82) is 5.26 Å². The van der Waals surface area contributed by atoms with E-state index in [1.54, 1.807) is 29.2 Å². The standard InChI is InChI=1S/C14H18N4O2/c1-10(2)18(8-13(16)19)9-14(20)17-12-5-3-4-11(6-12)7-15/h3-6,10H,8-9H2,1-2H3,(H2,16,19)(H,17,20). The summed E-state index contributed by atoms with van der Waals surface area (Å²) in [6.07, 6.45) is 0. The van der Waals surface area contributed by atoms with E-state index in [2.05, 4.69) is 5.32 Å². The Morgan fingerprint density at radius 3 is 2.65 bits per heavy atom. The van der Waals surface area contributed by atoms with Crippen LogP contribution in [0.3, 0.4) is 0 Å². The van der Waals surface area contributed by atoms with Crippen LogP contribution in [0.4, 0.5) is 5.69 Å². The lowest BCUT2D eigenvalue weighted by Crippen LogP contribution is -2.43. The molecule has 20 heavy (non-hydrogen) atoms. The Balaban J connectivity index is 2.65. The first-order valence-corrected chi connectivity index (χ1v) is 6.24. The van der Waals surface area contributed by atoms with Gasteiger partial charge in [0.25, 0.3) is 0 Å². The van der Waals surface area contributed by atoms with Crippen molar-refractivity contribution in [3.63, 3.8) is 0 Å². The molecule has 0 radical (unpaired) electrons. The summed E-state index contributed by atoms with van der Waals surface area (Å²) >= 11 is 0. The van der Waals surface area contributed by atoms with E-state index in [1.807, 2.05) is 19.9 Å². The number of hydrogen-bond donors (Lipinski definition) is 2. The largest absolute Gasteiger partial charge is 0.369 e. The van der Waals surface area contributed by atoms with Gasteiger partial charge >= 0.3 is 0 Å². The van der Waals surface area contributed by atoms with Crippen LogP contribution >= 0.6 is 0 Å². The van der Waals surface area contributed by atoms with E-state index in [0.717, 1.165) is 0 Å². The van der Waals surface area contributed by atoms with Gasteiger partial charge in [-0.05, 0) is 32.0 Å². The van der Waals surface area contributed by atoms with Gasteiger partial charge in [-0.2, -0.15) is 5.26 Å². The molecular weight excluding hydrogens is 256 g/mol. The van der Waals surface area contributed by atoms with Gasteiger partial charge in [0.2, 0.25) is 11.8 Å². The number of rotatable bonds is 6. The van der Waals surface area contributed by atoms with Crippen molar-refractivity contribution in [3.05, 3.63) is 29.8 Å². The molecule has 0 fully saturated rings. The lowest BCUT2D eigenvalue weighted by Gasteiger charge is -2.24. The molecule has 1 aromatic rings. The van der Waals surface area contributed by atoms with Crippen molar-refractivity contribution in [2.24, 2.45) is 5.73 Å². The first-order valence-electron chi connectivity index (χ1n) is 6.24. The van der Waals surface area contributed by atoms with E-state index >= 15 is 0 Å². The molecule has 0 heterocycles. The van der Waals surface area contributed by atoms with E-state index in [4.69, 9.17) is 11.0 Å². The van der Waals surface area contributed by atoms with Crippen molar-refractivity contribution in [3.8, 4) is 6.07 Å². The van der Waals surface area contributed by atoms with Crippen LogP contribution in [0.25, 0.3) is 0 Å². The van der Waals surface area contributed by atoms with Crippen LogP contribution in [-0.4, -0.2) is 35.8 Å². The second kappa shape index (κ2) is 7.26. The Morgan fingerprint density at radius 1 is 1.40 bits per heavy atom. The highest BCUT2D eigenvalue weighted by Gasteiger charge is 2.16. The summed E-state index contributed by atoms with van der Waals surface area (Å²) in [6.45, 7) is 3.86. The molecule has 0 saturated carbocycles. The van der Waals surface area contributed by atoms with Crippen LogP contribution < -0.4 is 11.1 Å². The van der Waals surface area contributed by atoms with Crippen molar-refractivity contribution in [2.75, 3.05) is 18.4 Å². The second-order valence-electron chi connectivity index (χ2n) is 4.71. The number of amides is 2. The van der Waals surface area contributed by atoms with Crippen molar-refractivity contribution in [1.82, 2.24) is 4.90 Å². The molecule has 0 aliphatic carbocycles. The monoisotopic (exact) mass is 274 g/mol. The summed E-state index contributed by atoms with van der Waals surface area (Å²) < 4.78 is 0. The number of nitrogens with two attached hydrogens (primary N) is 1. The first kappa shape index (κ1) is 15.7. The number of benzene rings is 1. The minimum absolute atomic E-state index is 0.0266. The number of carbonyl (C=O) groups excluding carboxylic acids is 2. The second-order valence-corrected chi connectivity index (χ2v) is 4.71. The van der Waals surface area contributed by atoms with Crippen LogP contribution in [0.2, 0.25) is 0 Å². The normalized spacial score (nSPS) is 10.3. The van der Waals surface area contributed by atoms with Gasteiger partial charge in [0.1, 0.15) is 0 Å². The van der Waals surface area contributed by atoms with E-state index in [0.29, 0.717) is 11.3 Å². The first-order chi connectivity index (χ1) is 9.42. The number of carbonyl (C=O) groups is 2. The molecule has 2 amide bonds. The van der Waals surface area contributed by atoms with Crippen molar-refractivity contribution < 1.29 is 9.59 Å². The summed E-state index contributed by atoms with van der Waals surface area (Å²) in [6, 6.07) is 8.67. The molecule has 0 unspecified atom stereocenters.